The molecule has 2 aromatic rings. The normalized spacial score (nSPS) is 20.0. The molecule has 1 saturated heterocycles. The highest BCUT2D eigenvalue weighted by Crippen LogP contribution is 2.33. The van der Waals surface area contributed by atoms with Gasteiger partial charge in [-0.3, -0.25) is 9.59 Å². The van der Waals surface area contributed by atoms with Crippen LogP contribution >= 0.6 is 11.3 Å². The number of nitrogens with zero attached hydrogens (tertiary/aromatic N) is 2. The second-order valence-electron chi connectivity index (χ2n) is 6.26. The second-order valence-corrected chi connectivity index (χ2v) is 7.20. The Balaban J connectivity index is 1.68. The molecule has 1 amide bonds. The number of aromatic nitrogens is 1. The van der Waals surface area contributed by atoms with Crippen molar-refractivity contribution >= 4 is 23.2 Å². The summed E-state index contributed by atoms with van der Waals surface area (Å²) in [5.41, 5.74) is 3.45. The molecule has 25 heavy (non-hydrogen) atoms. The first-order chi connectivity index (χ1) is 12.0. The number of thiazole rings is 1. The van der Waals surface area contributed by atoms with Crippen molar-refractivity contribution in [3.05, 3.63) is 51.7 Å². The van der Waals surface area contributed by atoms with Gasteiger partial charge in [-0.1, -0.05) is 12.1 Å². The number of hydrogen-bond acceptors (Lipinski definition) is 4. The minimum absolute atomic E-state index is 0.0522. The molecule has 5 nitrogen and oxygen atoms in total. The van der Waals surface area contributed by atoms with Crippen molar-refractivity contribution in [1.82, 2.24) is 9.88 Å². The van der Waals surface area contributed by atoms with Crippen LogP contribution in [0.1, 0.15) is 28.5 Å². The third-order valence-electron chi connectivity index (χ3n) is 4.70. The number of rotatable bonds is 5. The van der Waals surface area contributed by atoms with Crippen LogP contribution in [-0.2, 0) is 16.0 Å². The number of amides is 1. The number of carboxylic acids is 1. The van der Waals surface area contributed by atoms with Gasteiger partial charge in [0, 0.05) is 30.3 Å². The number of carboxylic acid groups (broad SMARTS) is 1. The van der Waals surface area contributed by atoms with Crippen molar-refractivity contribution in [3.8, 4) is 0 Å². The smallest absolute Gasteiger partial charge is 0.308 e. The fourth-order valence-corrected chi connectivity index (χ4v) is 4.03. The van der Waals surface area contributed by atoms with Gasteiger partial charge in [0.05, 0.1) is 17.1 Å². The molecule has 0 saturated carbocycles. The molecule has 0 spiro atoms. The highest BCUT2D eigenvalue weighted by atomic mass is 32.1. The van der Waals surface area contributed by atoms with Crippen LogP contribution < -0.4 is 0 Å². The largest absolute Gasteiger partial charge is 0.481 e. The van der Waals surface area contributed by atoms with E-state index in [-0.39, 0.29) is 24.2 Å². The van der Waals surface area contributed by atoms with Crippen LogP contribution in [0.15, 0.2) is 29.8 Å². The van der Waals surface area contributed by atoms with E-state index in [9.17, 15) is 19.1 Å². The third kappa shape index (κ3) is 3.87. The van der Waals surface area contributed by atoms with E-state index in [0.29, 0.717) is 19.4 Å². The lowest BCUT2D eigenvalue weighted by Crippen LogP contribution is -2.30. The molecular weight excluding hydrogens is 343 g/mol. The summed E-state index contributed by atoms with van der Waals surface area (Å²) in [4.78, 5) is 31.0. The first-order valence-electron chi connectivity index (χ1n) is 8.10. The molecule has 1 aliphatic rings. The Morgan fingerprint density at radius 3 is 2.64 bits per heavy atom. The summed E-state index contributed by atoms with van der Waals surface area (Å²) in [6, 6.07) is 5.85. The first-order valence-corrected chi connectivity index (χ1v) is 8.98. The van der Waals surface area contributed by atoms with Gasteiger partial charge in [-0.25, -0.2) is 9.37 Å². The lowest BCUT2D eigenvalue weighted by molar-refractivity contribution is -0.141. The number of carbonyl (C=O) groups excluding carboxylic acids is 1. The Labute approximate surface area is 149 Å². The molecule has 132 valence electrons. The number of carbonyl (C=O) groups is 2. The van der Waals surface area contributed by atoms with Gasteiger partial charge in [-0.05, 0) is 31.0 Å². The molecule has 2 atom stereocenters. The Kier molecular flexibility index (Phi) is 5.13. The molecule has 0 radical (unpaired) electrons. The Morgan fingerprint density at radius 2 is 2.04 bits per heavy atom. The Morgan fingerprint density at radius 1 is 1.32 bits per heavy atom. The maximum Gasteiger partial charge on any atom is 0.308 e. The summed E-state index contributed by atoms with van der Waals surface area (Å²) in [6.45, 7) is 2.46. The number of likely N-dealkylation sites (tertiary alicyclic amines) is 1. The summed E-state index contributed by atoms with van der Waals surface area (Å²) in [5, 5.41) is 9.50. The van der Waals surface area contributed by atoms with Gasteiger partial charge in [0.25, 0.3) is 0 Å². The zero-order valence-corrected chi connectivity index (χ0v) is 14.6. The van der Waals surface area contributed by atoms with Crippen LogP contribution in [0.2, 0.25) is 0 Å². The molecule has 1 fully saturated rings. The molecule has 1 aliphatic heterocycles. The summed E-state index contributed by atoms with van der Waals surface area (Å²) >= 11 is 1.53. The molecule has 0 aliphatic carbocycles. The highest BCUT2D eigenvalue weighted by molar-refractivity contribution is 7.09. The topological polar surface area (TPSA) is 70.5 Å². The number of aryl methyl sites for hydroxylation is 2. The van der Waals surface area contributed by atoms with E-state index in [0.717, 1.165) is 16.1 Å². The number of benzene rings is 1. The zero-order valence-electron chi connectivity index (χ0n) is 13.8. The van der Waals surface area contributed by atoms with Gasteiger partial charge < -0.3 is 10.0 Å². The molecule has 2 heterocycles. The molecule has 7 heteroatoms. The van der Waals surface area contributed by atoms with Gasteiger partial charge >= 0.3 is 5.97 Å². The van der Waals surface area contributed by atoms with E-state index in [1.807, 2.05) is 6.92 Å². The third-order valence-corrected chi connectivity index (χ3v) is 5.69. The molecule has 0 unspecified atom stereocenters. The van der Waals surface area contributed by atoms with Crippen LogP contribution in [0, 0.1) is 18.7 Å². The number of aliphatic carboxylic acids is 1. The zero-order chi connectivity index (χ0) is 18.0. The van der Waals surface area contributed by atoms with Crippen molar-refractivity contribution in [3.63, 3.8) is 0 Å². The lowest BCUT2D eigenvalue weighted by atomic mass is 9.89. The van der Waals surface area contributed by atoms with E-state index >= 15 is 0 Å². The van der Waals surface area contributed by atoms with Gasteiger partial charge in [-0.2, -0.15) is 0 Å². The first kappa shape index (κ1) is 17.5. The molecule has 0 bridgehead atoms. The molecule has 1 aromatic carbocycles. The van der Waals surface area contributed by atoms with Crippen molar-refractivity contribution in [2.24, 2.45) is 5.92 Å². The van der Waals surface area contributed by atoms with Crippen LogP contribution in [0.3, 0.4) is 0 Å². The van der Waals surface area contributed by atoms with Crippen LogP contribution in [0.25, 0.3) is 0 Å². The summed E-state index contributed by atoms with van der Waals surface area (Å²) in [6.07, 6.45) is 0.955. The molecule has 1 aromatic heterocycles. The maximum absolute atomic E-state index is 13.1. The minimum Gasteiger partial charge on any atom is -0.481 e. The van der Waals surface area contributed by atoms with E-state index < -0.39 is 11.9 Å². The van der Waals surface area contributed by atoms with E-state index in [1.165, 1.54) is 23.5 Å². The van der Waals surface area contributed by atoms with Gasteiger partial charge in [0.1, 0.15) is 5.82 Å². The molecular formula is C18H19FN2O3S. The van der Waals surface area contributed by atoms with Crippen molar-refractivity contribution < 1.29 is 19.1 Å². The summed E-state index contributed by atoms with van der Waals surface area (Å²) in [7, 11) is 0. The van der Waals surface area contributed by atoms with Crippen molar-refractivity contribution in [1.29, 1.82) is 0 Å². The van der Waals surface area contributed by atoms with E-state index in [2.05, 4.69) is 4.98 Å². The van der Waals surface area contributed by atoms with E-state index in [4.69, 9.17) is 0 Å². The standard InChI is InChI=1S/C18H19FN2O3S/c1-11-16(25-10-20-11)6-7-17(22)21-8-14(15(9-21)18(23)24)12-2-4-13(19)5-3-12/h2-5,10,14-15H,6-9H2,1H3,(H,23,24)/t14-,15+/m1/s1. The van der Waals surface area contributed by atoms with Crippen molar-refractivity contribution in [2.75, 3.05) is 13.1 Å². The minimum atomic E-state index is -0.928. The SMILES string of the molecule is Cc1ncsc1CCC(=O)N1C[C@H](C(=O)O)[C@@H](c2ccc(F)cc2)C1. The predicted molar refractivity (Wildman–Crippen MR) is 92.0 cm³/mol. The predicted octanol–water partition coefficient (Wildman–Crippen LogP) is 2.85. The van der Waals surface area contributed by atoms with Gasteiger partial charge in [0.2, 0.25) is 5.91 Å². The number of hydrogen-bond donors (Lipinski definition) is 1. The van der Waals surface area contributed by atoms with Crippen molar-refractivity contribution in [2.45, 2.75) is 25.7 Å². The monoisotopic (exact) mass is 362 g/mol. The maximum atomic E-state index is 13.1. The van der Waals surface area contributed by atoms with Crippen LogP contribution in [0.5, 0.6) is 0 Å². The Bertz CT molecular complexity index is 775. The van der Waals surface area contributed by atoms with Gasteiger partial charge in [-0.15, -0.1) is 11.3 Å². The fourth-order valence-electron chi connectivity index (χ4n) is 3.25. The quantitative estimate of drug-likeness (QED) is 0.888. The Hall–Kier alpha value is -2.28. The summed E-state index contributed by atoms with van der Waals surface area (Å²) in [5.74, 6) is -2.32. The average molecular weight is 362 g/mol. The van der Waals surface area contributed by atoms with E-state index in [1.54, 1.807) is 22.5 Å². The second kappa shape index (κ2) is 7.31. The van der Waals surface area contributed by atoms with Crippen LogP contribution in [-0.4, -0.2) is 40.0 Å². The highest BCUT2D eigenvalue weighted by Gasteiger charge is 2.40. The fraction of sp³-hybridized carbons (Fsp3) is 0.389. The summed E-state index contributed by atoms with van der Waals surface area (Å²) < 4.78 is 13.1. The molecule has 1 N–H and O–H groups in total. The lowest BCUT2D eigenvalue weighted by Gasteiger charge is -2.16. The molecule has 3 rings (SSSR count). The van der Waals surface area contributed by atoms with Crippen LogP contribution in [0.4, 0.5) is 4.39 Å². The number of halogens is 1. The van der Waals surface area contributed by atoms with Gasteiger partial charge in [0.15, 0.2) is 0 Å². The average Bonchev–Trinajstić information content (AvgIpc) is 3.20.